The summed E-state index contributed by atoms with van der Waals surface area (Å²) in [7, 11) is 0. The summed E-state index contributed by atoms with van der Waals surface area (Å²) in [6, 6.07) is 0. The third-order valence-corrected chi connectivity index (χ3v) is 7.22. The fraction of sp³-hybridized carbons (Fsp3) is 0.611. The number of alkyl halides is 1. The second kappa shape index (κ2) is 4.92. The number of ether oxygens (including phenoxy) is 1. The molecule has 4 atom stereocenters. The Balaban J connectivity index is 1.50. The molecule has 2 heterocycles. The first-order chi connectivity index (χ1) is 11.4. The maximum absolute atomic E-state index is 12.3. The molecule has 0 aromatic carbocycles. The molecular weight excluding hydrogens is 344 g/mol. The minimum Gasteiger partial charge on any atom is -0.406 e. The van der Waals surface area contributed by atoms with Gasteiger partial charge in [0.25, 0.3) is 0 Å². The van der Waals surface area contributed by atoms with Crippen LogP contribution in [0.2, 0.25) is 0 Å². The van der Waals surface area contributed by atoms with Crippen molar-refractivity contribution in [1.82, 2.24) is 4.98 Å². The summed E-state index contributed by atoms with van der Waals surface area (Å²) in [5.41, 5.74) is 1.01. The zero-order chi connectivity index (χ0) is 16.5. The Morgan fingerprint density at radius 1 is 1.33 bits per heavy atom. The van der Waals surface area contributed by atoms with Gasteiger partial charge in [-0.05, 0) is 63.4 Å². The summed E-state index contributed by atoms with van der Waals surface area (Å²) < 4.78 is 5.64. The zero-order valence-electron chi connectivity index (χ0n) is 13.5. The maximum atomic E-state index is 12.3. The second-order valence-corrected chi connectivity index (χ2v) is 9.88. The van der Waals surface area contributed by atoms with Crippen LogP contribution in [0, 0.1) is 24.2 Å². The summed E-state index contributed by atoms with van der Waals surface area (Å²) >= 11 is 8.45. The van der Waals surface area contributed by atoms with Crippen molar-refractivity contribution in [2.75, 3.05) is 0 Å². The molecule has 0 amide bonds. The molecule has 4 fully saturated rings. The van der Waals surface area contributed by atoms with Crippen molar-refractivity contribution in [3.63, 3.8) is 0 Å². The zero-order valence-corrected chi connectivity index (χ0v) is 15.1. The molecular formula is C18H19ClN2O2S. The van der Waals surface area contributed by atoms with Gasteiger partial charge in [0.15, 0.2) is 5.70 Å². The Kier molecular flexibility index (Phi) is 3.09. The smallest absolute Gasteiger partial charge is 0.363 e. The highest BCUT2D eigenvalue weighted by molar-refractivity contribution is 7.09. The highest BCUT2D eigenvalue weighted by Gasteiger charge is 2.60. The fourth-order valence-corrected chi connectivity index (χ4v) is 6.89. The molecule has 4 saturated carbocycles. The van der Waals surface area contributed by atoms with E-state index in [4.69, 9.17) is 16.3 Å². The molecule has 126 valence electrons. The van der Waals surface area contributed by atoms with Crippen molar-refractivity contribution in [3.05, 3.63) is 21.8 Å². The van der Waals surface area contributed by atoms with Crippen LogP contribution in [-0.4, -0.2) is 21.7 Å². The quantitative estimate of drug-likeness (QED) is 0.447. The van der Waals surface area contributed by atoms with Gasteiger partial charge in [-0.25, -0.2) is 14.8 Å². The first-order valence-corrected chi connectivity index (χ1v) is 9.83. The standard InChI is InChI=1S/C18H19ClN2O2S/c1-10-20-13(8-24-10)3-14-15(22)23-16(21-14)17-4-11-2-12(5-17)7-18(19,6-11)9-17/h3,8,11-12H,2,4-7,9H2,1H3/b14-3-/t11-,12+,17?,18?. The van der Waals surface area contributed by atoms with Crippen LogP contribution in [0.1, 0.15) is 49.2 Å². The van der Waals surface area contributed by atoms with E-state index in [-0.39, 0.29) is 16.3 Å². The molecule has 5 aliphatic rings. The topological polar surface area (TPSA) is 51.6 Å². The number of carbonyl (C=O) groups excluding carboxylic acids is 1. The van der Waals surface area contributed by atoms with Gasteiger partial charge in [0.2, 0.25) is 5.90 Å². The largest absolute Gasteiger partial charge is 0.406 e. The summed E-state index contributed by atoms with van der Waals surface area (Å²) in [6.07, 6.45) is 8.24. The van der Waals surface area contributed by atoms with E-state index in [2.05, 4.69) is 9.98 Å². The molecule has 4 aliphatic carbocycles. The SMILES string of the molecule is Cc1nc(/C=C2\N=C(C34C[C@@H]5C[C@@H](CC(Cl)(C5)C3)C4)OC2=O)cs1. The number of hydrogen-bond donors (Lipinski definition) is 0. The van der Waals surface area contributed by atoms with Crippen molar-refractivity contribution >= 4 is 40.9 Å². The van der Waals surface area contributed by atoms with Gasteiger partial charge in [0, 0.05) is 15.7 Å². The molecule has 0 saturated heterocycles. The van der Waals surface area contributed by atoms with E-state index >= 15 is 0 Å². The highest BCUT2D eigenvalue weighted by atomic mass is 35.5. The minimum absolute atomic E-state index is 0.114. The molecule has 0 spiro atoms. The summed E-state index contributed by atoms with van der Waals surface area (Å²) in [4.78, 5) is 21.2. The summed E-state index contributed by atoms with van der Waals surface area (Å²) in [5, 5.41) is 2.91. The van der Waals surface area contributed by atoms with Gasteiger partial charge >= 0.3 is 5.97 Å². The van der Waals surface area contributed by atoms with Crippen LogP contribution in [0.25, 0.3) is 6.08 Å². The van der Waals surface area contributed by atoms with E-state index in [1.54, 1.807) is 17.4 Å². The van der Waals surface area contributed by atoms with E-state index in [9.17, 15) is 4.79 Å². The van der Waals surface area contributed by atoms with E-state index in [1.807, 2.05) is 12.3 Å². The molecule has 6 heteroatoms. The number of aromatic nitrogens is 1. The van der Waals surface area contributed by atoms with E-state index in [0.717, 1.165) is 42.8 Å². The van der Waals surface area contributed by atoms with Gasteiger partial charge in [0.1, 0.15) is 0 Å². The van der Waals surface area contributed by atoms with Crippen LogP contribution in [0.4, 0.5) is 0 Å². The van der Waals surface area contributed by atoms with Gasteiger partial charge in [-0.1, -0.05) is 0 Å². The van der Waals surface area contributed by atoms with Gasteiger partial charge in [-0.2, -0.15) is 0 Å². The number of hydrogen-bond acceptors (Lipinski definition) is 5. The average Bonchev–Trinajstić information content (AvgIpc) is 3.04. The lowest BCUT2D eigenvalue weighted by molar-refractivity contribution is -0.131. The first-order valence-electron chi connectivity index (χ1n) is 8.57. The van der Waals surface area contributed by atoms with Crippen LogP contribution in [0.15, 0.2) is 16.1 Å². The third kappa shape index (κ3) is 2.28. The molecule has 2 unspecified atom stereocenters. The monoisotopic (exact) mass is 362 g/mol. The number of aryl methyl sites for hydroxylation is 1. The summed E-state index contributed by atoms with van der Waals surface area (Å²) in [6.45, 7) is 1.95. The van der Waals surface area contributed by atoms with E-state index < -0.39 is 0 Å². The van der Waals surface area contributed by atoms with Gasteiger partial charge in [-0.15, -0.1) is 22.9 Å². The number of aliphatic imine (C=N–C) groups is 1. The Morgan fingerprint density at radius 2 is 2.08 bits per heavy atom. The second-order valence-electron chi connectivity index (χ2n) is 8.02. The van der Waals surface area contributed by atoms with Crippen molar-refractivity contribution in [2.24, 2.45) is 22.2 Å². The van der Waals surface area contributed by atoms with Crippen molar-refractivity contribution in [1.29, 1.82) is 0 Å². The maximum Gasteiger partial charge on any atom is 0.363 e. The van der Waals surface area contributed by atoms with Crippen LogP contribution in [0.3, 0.4) is 0 Å². The number of esters is 1. The van der Waals surface area contributed by atoms with E-state index in [1.165, 1.54) is 6.42 Å². The Hall–Kier alpha value is -1.20. The Bertz CT molecular complexity index is 783. The Labute approximate surface area is 150 Å². The van der Waals surface area contributed by atoms with Gasteiger partial charge < -0.3 is 4.74 Å². The molecule has 0 N–H and O–H groups in total. The van der Waals surface area contributed by atoms with Gasteiger partial charge in [0.05, 0.1) is 10.7 Å². The number of carbonyl (C=O) groups is 1. The number of rotatable bonds is 2. The van der Waals surface area contributed by atoms with Crippen molar-refractivity contribution in [2.45, 2.75) is 50.3 Å². The predicted molar refractivity (Wildman–Crippen MR) is 94.1 cm³/mol. The minimum atomic E-state index is -0.352. The molecule has 4 nitrogen and oxygen atoms in total. The normalized spacial score (nSPS) is 41.8. The molecule has 1 aliphatic heterocycles. The Morgan fingerprint density at radius 3 is 2.71 bits per heavy atom. The average molecular weight is 363 g/mol. The summed E-state index contributed by atoms with van der Waals surface area (Å²) in [5.74, 6) is 1.57. The number of thiazole rings is 1. The number of halogens is 1. The molecule has 6 rings (SSSR count). The van der Waals surface area contributed by atoms with Crippen molar-refractivity contribution in [3.8, 4) is 0 Å². The molecule has 24 heavy (non-hydrogen) atoms. The molecule has 4 bridgehead atoms. The lowest BCUT2D eigenvalue weighted by Gasteiger charge is -2.59. The van der Waals surface area contributed by atoms with Crippen molar-refractivity contribution < 1.29 is 9.53 Å². The van der Waals surface area contributed by atoms with Gasteiger partial charge in [-0.3, -0.25) is 0 Å². The number of nitrogens with zero attached hydrogens (tertiary/aromatic N) is 2. The van der Waals surface area contributed by atoms with E-state index in [0.29, 0.717) is 23.4 Å². The van der Waals surface area contributed by atoms with Crippen LogP contribution in [0.5, 0.6) is 0 Å². The predicted octanol–water partition coefficient (Wildman–Crippen LogP) is 4.33. The van der Waals surface area contributed by atoms with Crippen LogP contribution in [-0.2, 0) is 9.53 Å². The lowest BCUT2D eigenvalue weighted by atomic mass is 9.49. The fourth-order valence-electron chi connectivity index (χ4n) is 5.62. The molecule has 0 radical (unpaired) electrons. The molecule has 1 aromatic heterocycles. The first kappa shape index (κ1) is 15.1. The lowest BCUT2D eigenvalue weighted by Crippen LogP contribution is -2.56. The molecule has 1 aromatic rings. The van der Waals surface area contributed by atoms with Crippen LogP contribution >= 0.6 is 22.9 Å². The highest BCUT2D eigenvalue weighted by Crippen LogP contribution is 2.64. The third-order valence-electron chi connectivity index (χ3n) is 5.99. The number of cyclic esters (lactones) is 1. The van der Waals surface area contributed by atoms with Crippen LogP contribution < -0.4 is 0 Å².